The molecular formula is C32H35F3N8O2. The average Bonchev–Trinajstić information content (AvgIpc) is 3.39. The van der Waals surface area contributed by atoms with Gasteiger partial charge in [0.05, 0.1) is 23.2 Å². The van der Waals surface area contributed by atoms with Crippen LogP contribution in [0.25, 0.3) is 11.0 Å². The molecule has 4 aromatic rings. The number of aromatic nitrogens is 2. The van der Waals surface area contributed by atoms with E-state index in [0.717, 1.165) is 28.7 Å². The number of carbonyl (C=O) groups excluding carboxylic acids is 1. The number of benzene rings is 3. The normalized spacial score (nSPS) is 18.7. The van der Waals surface area contributed by atoms with E-state index in [1.54, 1.807) is 12.1 Å². The first-order valence-corrected chi connectivity index (χ1v) is 14.6. The van der Waals surface area contributed by atoms with Gasteiger partial charge in [-0.1, -0.05) is 18.2 Å². The molecule has 2 aliphatic heterocycles. The van der Waals surface area contributed by atoms with Gasteiger partial charge in [0.25, 0.3) is 5.91 Å². The minimum atomic E-state index is -4.62. The van der Waals surface area contributed by atoms with Gasteiger partial charge in [0.1, 0.15) is 0 Å². The smallest absolute Gasteiger partial charge is 0.395 e. The predicted molar refractivity (Wildman–Crippen MR) is 168 cm³/mol. The molecule has 0 bridgehead atoms. The Morgan fingerprint density at radius 3 is 2.49 bits per heavy atom. The maximum atomic E-state index is 13.9. The van der Waals surface area contributed by atoms with Crippen molar-refractivity contribution in [1.82, 2.24) is 19.4 Å². The highest BCUT2D eigenvalue weighted by Gasteiger charge is 2.38. The van der Waals surface area contributed by atoms with E-state index >= 15 is 0 Å². The lowest BCUT2D eigenvalue weighted by Gasteiger charge is -2.44. The van der Waals surface area contributed by atoms with Gasteiger partial charge >= 0.3 is 6.18 Å². The number of halogens is 3. The molecule has 45 heavy (non-hydrogen) atoms. The summed E-state index contributed by atoms with van der Waals surface area (Å²) < 4.78 is 43.6. The molecule has 1 aromatic heterocycles. The highest BCUT2D eigenvalue weighted by molar-refractivity contribution is 6.05. The molecule has 236 valence electrons. The Morgan fingerprint density at radius 1 is 1.07 bits per heavy atom. The van der Waals surface area contributed by atoms with Crippen molar-refractivity contribution in [3.05, 3.63) is 89.6 Å². The number of nitrogens with one attached hydrogen (secondary N) is 2. The van der Waals surface area contributed by atoms with E-state index in [1.807, 2.05) is 75.8 Å². The van der Waals surface area contributed by atoms with Crippen LogP contribution in [0, 0.1) is 6.92 Å². The van der Waals surface area contributed by atoms with Crippen molar-refractivity contribution in [2.75, 3.05) is 61.9 Å². The molecule has 0 radical (unpaired) electrons. The molecule has 0 spiro atoms. The lowest BCUT2D eigenvalue weighted by Crippen LogP contribution is -2.57. The van der Waals surface area contributed by atoms with E-state index in [-0.39, 0.29) is 12.2 Å². The average molecular weight is 621 g/mol. The van der Waals surface area contributed by atoms with Crippen LogP contribution in [0.15, 0.2) is 72.9 Å². The second kappa shape index (κ2) is 11.7. The minimum Gasteiger partial charge on any atom is -0.395 e. The number of aryl methyl sites for hydroxylation is 1. The first-order valence-electron chi connectivity index (χ1n) is 14.6. The summed E-state index contributed by atoms with van der Waals surface area (Å²) in [6, 6.07) is 16.3. The van der Waals surface area contributed by atoms with E-state index in [1.165, 1.54) is 6.07 Å². The Balaban J connectivity index is 1.27. The number of amides is 1. The van der Waals surface area contributed by atoms with E-state index in [4.69, 9.17) is 10.7 Å². The number of aliphatic hydroxyl groups excluding tert-OH is 1. The number of hydrogen-bond acceptors (Lipinski definition) is 8. The van der Waals surface area contributed by atoms with Crippen molar-refractivity contribution in [3.63, 3.8) is 0 Å². The highest BCUT2D eigenvalue weighted by atomic mass is 19.4. The molecule has 10 nitrogen and oxygen atoms in total. The monoisotopic (exact) mass is 620 g/mol. The fourth-order valence-electron chi connectivity index (χ4n) is 5.70. The number of fused-ring (bicyclic) bond motifs is 1. The highest BCUT2D eigenvalue weighted by Crippen LogP contribution is 2.36. The number of alkyl halides is 3. The zero-order valence-electron chi connectivity index (χ0n) is 25.0. The van der Waals surface area contributed by atoms with Crippen LogP contribution in [0.1, 0.15) is 21.5 Å². The molecular weight excluding hydrogens is 585 g/mol. The maximum Gasteiger partial charge on any atom is 0.416 e. The second-order valence-electron chi connectivity index (χ2n) is 11.4. The summed E-state index contributed by atoms with van der Waals surface area (Å²) in [5, 5.41) is 15.3. The third-order valence-corrected chi connectivity index (χ3v) is 8.43. The Hall–Kier alpha value is -4.59. The molecule has 3 aromatic carbocycles. The molecule has 0 saturated carbocycles. The topological polar surface area (TPSA) is 115 Å². The molecule has 5 N–H and O–H groups in total. The predicted octanol–water partition coefficient (Wildman–Crippen LogP) is 4.50. The third-order valence-electron chi connectivity index (χ3n) is 8.43. The Bertz CT molecular complexity index is 1760. The summed E-state index contributed by atoms with van der Waals surface area (Å²) in [6.07, 6.45) is -0.884. The molecule has 6 rings (SSSR count). The summed E-state index contributed by atoms with van der Waals surface area (Å²) >= 11 is 0. The zero-order chi connectivity index (χ0) is 31.9. The number of likely N-dealkylation sites (N-methyl/N-ethyl adjacent to an activating group) is 1. The van der Waals surface area contributed by atoms with Crippen LogP contribution >= 0.6 is 0 Å². The number of para-hydroxylation sites is 2. The van der Waals surface area contributed by atoms with E-state index in [0.29, 0.717) is 55.7 Å². The SMILES string of the molecule is Cc1ccc(NC(=O)c2cc(N3CCN(CCO)CC3)cc(C(F)(F)F)c2)cc1Nc1nc2ccccc2n1C1(N)C=CN1C. The molecule has 3 heterocycles. The van der Waals surface area contributed by atoms with Crippen molar-refractivity contribution in [2.45, 2.75) is 18.9 Å². The largest absolute Gasteiger partial charge is 0.416 e. The fourth-order valence-corrected chi connectivity index (χ4v) is 5.70. The van der Waals surface area contributed by atoms with Crippen molar-refractivity contribution in [1.29, 1.82) is 0 Å². The third kappa shape index (κ3) is 5.93. The van der Waals surface area contributed by atoms with Gasteiger partial charge in [-0.15, -0.1) is 0 Å². The maximum absolute atomic E-state index is 13.9. The number of hydrogen-bond donors (Lipinski definition) is 4. The Morgan fingerprint density at radius 2 is 1.82 bits per heavy atom. The van der Waals surface area contributed by atoms with Gasteiger partial charge in [0.15, 0.2) is 5.79 Å². The molecule has 13 heteroatoms. The van der Waals surface area contributed by atoms with Gasteiger partial charge in [-0.2, -0.15) is 13.2 Å². The van der Waals surface area contributed by atoms with Crippen LogP contribution in [-0.2, 0) is 12.0 Å². The second-order valence-corrected chi connectivity index (χ2v) is 11.4. The van der Waals surface area contributed by atoms with Crippen molar-refractivity contribution < 1.29 is 23.1 Å². The van der Waals surface area contributed by atoms with Crippen LogP contribution in [-0.4, -0.2) is 76.7 Å². The van der Waals surface area contributed by atoms with Gasteiger partial charge in [-0.25, -0.2) is 4.98 Å². The number of imidazole rings is 1. The molecule has 2 aliphatic rings. The number of anilines is 4. The van der Waals surface area contributed by atoms with Crippen LogP contribution in [0.3, 0.4) is 0 Å². The van der Waals surface area contributed by atoms with E-state index < -0.39 is 23.4 Å². The summed E-state index contributed by atoms with van der Waals surface area (Å²) in [4.78, 5) is 23.9. The number of nitrogens with two attached hydrogens (primary N) is 1. The van der Waals surface area contributed by atoms with Crippen LogP contribution in [0.4, 0.5) is 36.2 Å². The van der Waals surface area contributed by atoms with Crippen molar-refractivity contribution in [3.8, 4) is 0 Å². The molecule has 1 fully saturated rings. The van der Waals surface area contributed by atoms with Crippen molar-refractivity contribution >= 4 is 40.0 Å². The van der Waals surface area contributed by atoms with E-state index in [9.17, 15) is 23.1 Å². The number of aliphatic hydroxyl groups is 1. The summed E-state index contributed by atoms with van der Waals surface area (Å²) in [5.74, 6) is -1.11. The van der Waals surface area contributed by atoms with E-state index in [2.05, 4.69) is 10.6 Å². The summed E-state index contributed by atoms with van der Waals surface area (Å²) in [5.41, 5.74) is 9.55. The quantitative estimate of drug-likeness (QED) is 0.228. The standard InChI is InChI=1S/C32H35F3N8O2/c1-21-7-8-24(20-27(21)39-30-38-26-5-3-4-6-28(26)43(30)31(36)9-10-40(31)2)37-29(45)22-17-23(32(33,34)35)19-25(18-22)42-13-11-41(12-14-42)15-16-44/h3-10,17-20,44H,11-16,36H2,1-2H3,(H,37,45)(H,38,39). The molecule has 1 saturated heterocycles. The van der Waals surface area contributed by atoms with Gasteiger partial charge < -0.3 is 25.5 Å². The number of piperazine rings is 1. The van der Waals surface area contributed by atoms with Gasteiger partial charge in [0, 0.05) is 68.6 Å². The number of rotatable bonds is 8. The number of carbonyl (C=O) groups is 1. The van der Waals surface area contributed by atoms with Crippen molar-refractivity contribution in [2.24, 2.45) is 5.73 Å². The minimum absolute atomic E-state index is 0.0205. The summed E-state index contributed by atoms with van der Waals surface area (Å²) in [7, 11) is 1.87. The van der Waals surface area contributed by atoms with Crippen LogP contribution in [0.2, 0.25) is 0 Å². The number of β-amino-alcohol motifs (C(OH)–C–C–N with tert-alkyl or cyclic N) is 1. The molecule has 1 unspecified atom stereocenters. The van der Waals surface area contributed by atoms with Gasteiger partial charge in [-0.3, -0.25) is 20.0 Å². The van der Waals surface area contributed by atoms with Crippen LogP contribution in [0.5, 0.6) is 0 Å². The van der Waals surface area contributed by atoms with Gasteiger partial charge in [0.2, 0.25) is 5.95 Å². The Kier molecular flexibility index (Phi) is 7.93. The lowest BCUT2D eigenvalue weighted by molar-refractivity contribution is -0.137. The molecule has 1 amide bonds. The fraction of sp³-hybridized carbons (Fsp3) is 0.312. The zero-order valence-corrected chi connectivity index (χ0v) is 25.0. The number of nitrogens with zero attached hydrogens (tertiary/aromatic N) is 5. The molecule has 0 aliphatic carbocycles. The summed E-state index contributed by atoms with van der Waals surface area (Å²) in [6.45, 7) is 4.59. The van der Waals surface area contributed by atoms with Gasteiger partial charge in [-0.05, 0) is 61.0 Å². The first kappa shape index (κ1) is 30.4. The molecule has 1 atom stereocenters. The Labute approximate surface area is 258 Å². The van der Waals surface area contributed by atoms with Crippen LogP contribution < -0.4 is 21.3 Å². The lowest BCUT2D eigenvalue weighted by atomic mass is 10.1. The first-order chi connectivity index (χ1) is 21.5.